The molecule has 112 valence electrons. The molecule has 0 saturated heterocycles. The first kappa shape index (κ1) is 14.9. The highest BCUT2D eigenvalue weighted by Gasteiger charge is 2.07. The minimum atomic E-state index is 0.313. The van der Waals surface area contributed by atoms with E-state index in [0.717, 1.165) is 18.7 Å². The lowest BCUT2D eigenvalue weighted by Gasteiger charge is -2.09. The second-order valence-corrected chi connectivity index (χ2v) is 4.20. The summed E-state index contributed by atoms with van der Waals surface area (Å²) in [6, 6.07) is 2.14. The molecule has 0 aliphatic rings. The largest absolute Gasteiger partial charge is 0.463 e. The molecule has 2 rings (SSSR count). The van der Waals surface area contributed by atoms with Gasteiger partial charge in [-0.25, -0.2) is 9.97 Å². The molecule has 8 heteroatoms. The molecule has 2 N–H and O–H groups in total. The van der Waals surface area contributed by atoms with Crippen molar-refractivity contribution in [3.63, 3.8) is 0 Å². The van der Waals surface area contributed by atoms with Gasteiger partial charge < -0.3 is 15.4 Å². The van der Waals surface area contributed by atoms with Gasteiger partial charge >= 0.3 is 6.01 Å². The molecule has 0 saturated carbocycles. The Bertz CT molecular complexity index is 549. The fourth-order valence-electron chi connectivity index (χ4n) is 1.52. The van der Waals surface area contributed by atoms with Crippen molar-refractivity contribution in [3.8, 4) is 6.01 Å². The number of anilines is 2. The Balaban J connectivity index is 2.07. The quantitative estimate of drug-likeness (QED) is 0.754. The minimum Gasteiger partial charge on any atom is -0.463 e. The van der Waals surface area contributed by atoms with Gasteiger partial charge in [0.25, 0.3) is 0 Å². The Morgan fingerprint density at radius 3 is 2.57 bits per heavy atom. The number of rotatable bonds is 8. The van der Waals surface area contributed by atoms with E-state index in [1.807, 2.05) is 19.9 Å². The third-order valence-corrected chi connectivity index (χ3v) is 2.46. The lowest BCUT2D eigenvalue weighted by Crippen LogP contribution is -2.11. The first-order chi connectivity index (χ1) is 10.3. The van der Waals surface area contributed by atoms with Crippen LogP contribution in [0, 0.1) is 0 Å². The molecule has 2 heterocycles. The van der Waals surface area contributed by atoms with E-state index in [1.165, 1.54) is 6.33 Å². The Labute approximate surface area is 123 Å². The summed E-state index contributed by atoms with van der Waals surface area (Å²) in [5.41, 5.74) is 0.853. The molecule has 0 amide bonds. The molecule has 0 spiro atoms. The minimum absolute atomic E-state index is 0.313. The molecule has 0 atom stereocenters. The second-order valence-electron chi connectivity index (χ2n) is 4.20. The second kappa shape index (κ2) is 7.93. The molecule has 21 heavy (non-hydrogen) atoms. The zero-order valence-electron chi connectivity index (χ0n) is 12.2. The number of ether oxygens (including phenoxy) is 1. The summed E-state index contributed by atoms with van der Waals surface area (Å²) in [5.74, 6) is 0.939. The van der Waals surface area contributed by atoms with Crippen LogP contribution in [0.4, 0.5) is 11.9 Å². The summed E-state index contributed by atoms with van der Waals surface area (Å²) in [6.07, 6.45) is 4.09. The van der Waals surface area contributed by atoms with Crippen LogP contribution < -0.4 is 15.4 Å². The zero-order chi connectivity index (χ0) is 14.9. The van der Waals surface area contributed by atoms with Crippen molar-refractivity contribution in [1.29, 1.82) is 0 Å². The van der Waals surface area contributed by atoms with Crippen molar-refractivity contribution in [2.45, 2.75) is 26.8 Å². The highest BCUT2D eigenvalue weighted by Crippen LogP contribution is 2.12. The Hall–Kier alpha value is -2.51. The lowest BCUT2D eigenvalue weighted by molar-refractivity contribution is 0.292. The topological polar surface area (TPSA) is 97.7 Å². The van der Waals surface area contributed by atoms with Gasteiger partial charge in [0, 0.05) is 12.7 Å². The van der Waals surface area contributed by atoms with E-state index < -0.39 is 0 Å². The van der Waals surface area contributed by atoms with E-state index in [0.29, 0.717) is 31.1 Å². The maximum Gasteiger partial charge on any atom is 0.323 e. The SMILES string of the molecule is CCCOc1nc(NCC)nc(NCc2ccncn2)n1. The molecule has 0 aromatic carbocycles. The summed E-state index contributed by atoms with van der Waals surface area (Å²) in [6.45, 7) is 5.81. The molecule has 2 aromatic rings. The van der Waals surface area contributed by atoms with Crippen molar-refractivity contribution in [3.05, 3.63) is 24.3 Å². The summed E-state index contributed by atoms with van der Waals surface area (Å²) in [4.78, 5) is 20.7. The van der Waals surface area contributed by atoms with Crippen LogP contribution in [0.3, 0.4) is 0 Å². The average Bonchev–Trinajstić information content (AvgIpc) is 2.52. The summed E-state index contributed by atoms with van der Waals surface area (Å²) in [5, 5.41) is 6.16. The van der Waals surface area contributed by atoms with Gasteiger partial charge in [0.1, 0.15) is 6.33 Å². The zero-order valence-corrected chi connectivity index (χ0v) is 12.2. The van der Waals surface area contributed by atoms with Crippen LogP contribution in [0.25, 0.3) is 0 Å². The van der Waals surface area contributed by atoms with Crippen LogP contribution >= 0.6 is 0 Å². The maximum atomic E-state index is 5.47. The fraction of sp³-hybridized carbons (Fsp3) is 0.462. The molecular formula is C13H19N7O. The monoisotopic (exact) mass is 289 g/mol. The van der Waals surface area contributed by atoms with Crippen molar-refractivity contribution < 1.29 is 4.74 Å². The Kier molecular flexibility index (Phi) is 5.62. The van der Waals surface area contributed by atoms with Crippen LogP contribution in [0.2, 0.25) is 0 Å². The molecule has 0 aliphatic carbocycles. The van der Waals surface area contributed by atoms with Crippen molar-refractivity contribution in [2.24, 2.45) is 0 Å². The van der Waals surface area contributed by atoms with Crippen LogP contribution in [0.15, 0.2) is 18.6 Å². The molecule has 0 bridgehead atoms. The molecule has 0 aliphatic heterocycles. The Morgan fingerprint density at radius 2 is 1.90 bits per heavy atom. The van der Waals surface area contributed by atoms with Gasteiger partial charge in [0.15, 0.2) is 0 Å². The third kappa shape index (κ3) is 4.83. The number of nitrogens with zero attached hydrogens (tertiary/aromatic N) is 5. The van der Waals surface area contributed by atoms with Gasteiger partial charge in [-0.3, -0.25) is 0 Å². The normalized spacial score (nSPS) is 10.2. The lowest BCUT2D eigenvalue weighted by atomic mass is 10.4. The molecular weight excluding hydrogens is 270 g/mol. The number of hydrogen-bond acceptors (Lipinski definition) is 8. The first-order valence-electron chi connectivity index (χ1n) is 6.93. The molecule has 0 fully saturated rings. The van der Waals surface area contributed by atoms with Crippen molar-refractivity contribution in [2.75, 3.05) is 23.8 Å². The van der Waals surface area contributed by atoms with Crippen molar-refractivity contribution >= 4 is 11.9 Å². The van der Waals surface area contributed by atoms with Crippen LogP contribution in [-0.4, -0.2) is 38.1 Å². The molecule has 8 nitrogen and oxygen atoms in total. The highest BCUT2D eigenvalue weighted by atomic mass is 16.5. The fourth-order valence-corrected chi connectivity index (χ4v) is 1.52. The summed E-state index contributed by atoms with van der Waals surface area (Å²) >= 11 is 0. The van der Waals surface area contributed by atoms with E-state index in [9.17, 15) is 0 Å². The standard InChI is InChI=1S/C13H19N7O/c1-3-7-21-13-19-11(15-4-2)18-12(20-13)16-8-10-5-6-14-9-17-10/h5-6,9H,3-4,7-8H2,1-2H3,(H2,15,16,18,19,20). The van der Waals surface area contributed by atoms with Crippen LogP contribution in [-0.2, 0) is 6.54 Å². The molecule has 0 unspecified atom stereocenters. The van der Waals surface area contributed by atoms with Gasteiger partial charge in [-0.2, -0.15) is 15.0 Å². The predicted octanol–water partition coefficient (Wildman–Crippen LogP) is 1.49. The first-order valence-corrected chi connectivity index (χ1v) is 6.93. The predicted molar refractivity (Wildman–Crippen MR) is 79.1 cm³/mol. The van der Waals surface area contributed by atoms with Crippen LogP contribution in [0.1, 0.15) is 26.0 Å². The molecule has 0 radical (unpaired) electrons. The van der Waals surface area contributed by atoms with Gasteiger partial charge in [0.05, 0.1) is 18.8 Å². The van der Waals surface area contributed by atoms with Crippen LogP contribution in [0.5, 0.6) is 6.01 Å². The smallest absolute Gasteiger partial charge is 0.323 e. The van der Waals surface area contributed by atoms with E-state index in [1.54, 1.807) is 6.20 Å². The van der Waals surface area contributed by atoms with E-state index in [-0.39, 0.29) is 0 Å². The third-order valence-electron chi connectivity index (χ3n) is 2.46. The van der Waals surface area contributed by atoms with Crippen molar-refractivity contribution in [1.82, 2.24) is 24.9 Å². The Morgan fingerprint density at radius 1 is 1.10 bits per heavy atom. The van der Waals surface area contributed by atoms with Gasteiger partial charge in [-0.1, -0.05) is 6.92 Å². The van der Waals surface area contributed by atoms with E-state index in [4.69, 9.17) is 4.74 Å². The van der Waals surface area contributed by atoms with Gasteiger partial charge in [-0.15, -0.1) is 0 Å². The number of aromatic nitrogens is 5. The van der Waals surface area contributed by atoms with E-state index in [2.05, 4.69) is 35.6 Å². The highest BCUT2D eigenvalue weighted by molar-refractivity contribution is 5.36. The van der Waals surface area contributed by atoms with E-state index >= 15 is 0 Å². The van der Waals surface area contributed by atoms with Gasteiger partial charge in [0.2, 0.25) is 11.9 Å². The number of hydrogen-bond donors (Lipinski definition) is 2. The molecule has 2 aromatic heterocycles. The number of nitrogens with one attached hydrogen (secondary N) is 2. The van der Waals surface area contributed by atoms with Gasteiger partial charge in [-0.05, 0) is 19.4 Å². The summed E-state index contributed by atoms with van der Waals surface area (Å²) in [7, 11) is 0. The summed E-state index contributed by atoms with van der Waals surface area (Å²) < 4.78 is 5.47. The maximum absolute atomic E-state index is 5.47. The average molecular weight is 289 g/mol.